The predicted molar refractivity (Wildman–Crippen MR) is 51.1 cm³/mol. The fraction of sp³-hybridized carbons (Fsp3) is 1.00. The van der Waals surface area contributed by atoms with Crippen molar-refractivity contribution in [1.82, 2.24) is 4.90 Å². The number of thioether (sulfide) groups is 1. The number of likely N-dealkylation sites (tertiary alicyclic amines) is 1. The third-order valence-corrected chi connectivity index (χ3v) is 4.22. The van der Waals surface area contributed by atoms with Crippen LogP contribution in [-0.4, -0.2) is 36.0 Å². The van der Waals surface area contributed by atoms with Gasteiger partial charge in [-0.3, -0.25) is 0 Å². The Balaban J connectivity index is 1.99. The van der Waals surface area contributed by atoms with Gasteiger partial charge in [-0.2, -0.15) is 11.8 Å². The minimum atomic E-state index is 0.919. The highest BCUT2D eigenvalue weighted by Crippen LogP contribution is 2.32. The lowest BCUT2D eigenvalue weighted by atomic mass is 9.88. The van der Waals surface area contributed by atoms with Crippen LogP contribution in [0.5, 0.6) is 0 Å². The molecule has 0 radical (unpaired) electrons. The van der Waals surface area contributed by atoms with E-state index in [1.165, 1.54) is 37.3 Å². The summed E-state index contributed by atoms with van der Waals surface area (Å²) in [5, 5.41) is 0. The van der Waals surface area contributed by atoms with Crippen LogP contribution >= 0.6 is 11.8 Å². The maximum absolute atomic E-state index is 2.57. The van der Waals surface area contributed by atoms with E-state index in [2.05, 4.69) is 23.7 Å². The van der Waals surface area contributed by atoms with E-state index < -0.39 is 0 Å². The molecule has 0 amide bonds. The monoisotopic (exact) mass is 171 g/mol. The lowest BCUT2D eigenvalue weighted by Gasteiger charge is -2.41. The second-order valence-electron chi connectivity index (χ2n) is 3.81. The van der Waals surface area contributed by atoms with E-state index in [0.29, 0.717) is 0 Å². The van der Waals surface area contributed by atoms with Crippen molar-refractivity contribution in [2.24, 2.45) is 5.92 Å². The van der Waals surface area contributed by atoms with E-state index in [-0.39, 0.29) is 0 Å². The standard InChI is InChI=1S/C9H17NS/c1-10-5-2-3-8-4-6-11-7-9(8)10/h8-9H,2-7H2,1H3. The molecule has 2 aliphatic heterocycles. The van der Waals surface area contributed by atoms with Crippen molar-refractivity contribution < 1.29 is 0 Å². The number of hydrogen-bond donors (Lipinski definition) is 0. The number of piperidine rings is 1. The van der Waals surface area contributed by atoms with Gasteiger partial charge in [0.15, 0.2) is 0 Å². The van der Waals surface area contributed by atoms with Crippen molar-refractivity contribution in [3.63, 3.8) is 0 Å². The number of hydrogen-bond acceptors (Lipinski definition) is 2. The molecule has 1 nitrogen and oxygen atoms in total. The first kappa shape index (κ1) is 7.93. The van der Waals surface area contributed by atoms with Crippen LogP contribution in [0.3, 0.4) is 0 Å². The van der Waals surface area contributed by atoms with E-state index in [9.17, 15) is 0 Å². The molecular formula is C9H17NS. The van der Waals surface area contributed by atoms with Gasteiger partial charge in [0.2, 0.25) is 0 Å². The molecule has 2 rings (SSSR count). The first-order valence-corrected chi connectivity index (χ1v) is 5.81. The molecule has 64 valence electrons. The Bertz CT molecular complexity index is 136. The summed E-state index contributed by atoms with van der Waals surface area (Å²) < 4.78 is 0. The maximum Gasteiger partial charge on any atom is 0.0211 e. The lowest BCUT2D eigenvalue weighted by Crippen LogP contribution is -2.46. The van der Waals surface area contributed by atoms with Gasteiger partial charge in [-0.25, -0.2) is 0 Å². The zero-order chi connectivity index (χ0) is 7.68. The van der Waals surface area contributed by atoms with Crippen LogP contribution in [-0.2, 0) is 0 Å². The van der Waals surface area contributed by atoms with Gasteiger partial charge in [0.05, 0.1) is 0 Å². The van der Waals surface area contributed by atoms with Gasteiger partial charge in [0.25, 0.3) is 0 Å². The summed E-state index contributed by atoms with van der Waals surface area (Å²) in [5.41, 5.74) is 0. The third-order valence-electron chi connectivity index (χ3n) is 3.12. The topological polar surface area (TPSA) is 3.24 Å². The van der Waals surface area contributed by atoms with Crippen LogP contribution in [0.1, 0.15) is 19.3 Å². The van der Waals surface area contributed by atoms with Crippen molar-refractivity contribution in [2.75, 3.05) is 25.1 Å². The summed E-state index contributed by atoms with van der Waals surface area (Å²) in [6.07, 6.45) is 4.40. The molecule has 2 heterocycles. The van der Waals surface area contributed by atoms with Crippen molar-refractivity contribution in [2.45, 2.75) is 25.3 Å². The van der Waals surface area contributed by atoms with Gasteiger partial charge in [-0.15, -0.1) is 0 Å². The molecule has 0 aliphatic carbocycles. The molecule has 2 atom stereocenters. The molecule has 0 N–H and O–H groups in total. The summed E-state index contributed by atoms with van der Waals surface area (Å²) >= 11 is 2.14. The van der Waals surface area contributed by atoms with Crippen molar-refractivity contribution >= 4 is 11.8 Å². The summed E-state index contributed by atoms with van der Waals surface area (Å²) in [4.78, 5) is 2.57. The average Bonchev–Trinajstić information content (AvgIpc) is 2.06. The Kier molecular flexibility index (Phi) is 2.42. The molecule has 0 bridgehead atoms. The molecule has 0 saturated carbocycles. The quantitative estimate of drug-likeness (QED) is 0.547. The van der Waals surface area contributed by atoms with Crippen molar-refractivity contribution in [3.05, 3.63) is 0 Å². The Labute approximate surface area is 73.5 Å². The highest BCUT2D eigenvalue weighted by molar-refractivity contribution is 7.99. The predicted octanol–water partition coefficient (Wildman–Crippen LogP) is 1.83. The summed E-state index contributed by atoms with van der Waals surface area (Å²) in [7, 11) is 2.29. The fourth-order valence-corrected chi connectivity index (χ4v) is 3.76. The van der Waals surface area contributed by atoms with E-state index in [4.69, 9.17) is 0 Å². The highest BCUT2D eigenvalue weighted by atomic mass is 32.2. The Morgan fingerprint density at radius 2 is 2.27 bits per heavy atom. The third kappa shape index (κ3) is 1.57. The van der Waals surface area contributed by atoms with E-state index in [1.807, 2.05) is 0 Å². The van der Waals surface area contributed by atoms with Gasteiger partial charge in [-0.05, 0) is 44.5 Å². The number of rotatable bonds is 0. The minimum Gasteiger partial charge on any atom is -0.302 e. The van der Waals surface area contributed by atoms with Gasteiger partial charge >= 0.3 is 0 Å². The second-order valence-corrected chi connectivity index (χ2v) is 4.96. The molecule has 2 unspecified atom stereocenters. The van der Waals surface area contributed by atoms with Crippen molar-refractivity contribution in [1.29, 1.82) is 0 Å². The van der Waals surface area contributed by atoms with Crippen LogP contribution < -0.4 is 0 Å². The number of fused-ring (bicyclic) bond motifs is 1. The zero-order valence-corrected chi connectivity index (χ0v) is 8.07. The van der Waals surface area contributed by atoms with Crippen LogP contribution in [0.15, 0.2) is 0 Å². The van der Waals surface area contributed by atoms with Gasteiger partial charge in [-0.1, -0.05) is 0 Å². The second kappa shape index (κ2) is 3.36. The molecular weight excluding hydrogens is 154 g/mol. The molecule has 2 aliphatic rings. The van der Waals surface area contributed by atoms with Crippen LogP contribution in [0.25, 0.3) is 0 Å². The first-order chi connectivity index (χ1) is 5.38. The van der Waals surface area contributed by atoms with E-state index in [1.54, 1.807) is 0 Å². The Morgan fingerprint density at radius 1 is 1.36 bits per heavy atom. The van der Waals surface area contributed by atoms with E-state index >= 15 is 0 Å². The molecule has 0 spiro atoms. The molecule has 2 heteroatoms. The molecule has 0 aromatic carbocycles. The summed E-state index contributed by atoms with van der Waals surface area (Å²) in [5.74, 6) is 3.84. The molecule has 2 fully saturated rings. The average molecular weight is 171 g/mol. The summed E-state index contributed by atoms with van der Waals surface area (Å²) in [6, 6.07) is 0.919. The van der Waals surface area contributed by atoms with Gasteiger partial charge < -0.3 is 4.90 Å². The minimum absolute atomic E-state index is 0.919. The van der Waals surface area contributed by atoms with Crippen LogP contribution in [0, 0.1) is 5.92 Å². The van der Waals surface area contributed by atoms with Gasteiger partial charge in [0, 0.05) is 11.8 Å². The zero-order valence-electron chi connectivity index (χ0n) is 7.25. The van der Waals surface area contributed by atoms with E-state index in [0.717, 1.165) is 12.0 Å². The normalized spacial score (nSPS) is 40.1. The lowest BCUT2D eigenvalue weighted by molar-refractivity contribution is 0.132. The molecule has 0 aromatic rings. The van der Waals surface area contributed by atoms with Crippen LogP contribution in [0.4, 0.5) is 0 Å². The SMILES string of the molecule is CN1CCCC2CCSCC21. The molecule has 2 saturated heterocycles. The first-order valence-electron chi connectivity index (χ1n) is 4.66. The summed E-state index contributed by atoms with van der Waals surface area (Å²) in [6.45, 7) is 1.34. The molecule has 11 heavy (non-hydrogen) atoms. The smallest absolute Gasteiger partial charge is 0.0211 e. The van der Waals surface area contributed by atoms with Gasteiger partial charge in [0.1, 0.15) is 0 Å². The Hall–Kier alpha value is 0.310. The number of nitrogens with zero attached hydrogens (tertiary/aromatic N) is 1. The van der Waals surface area contributed by atoms with Crippen LogP contribution in [0.2, 0.25) is 0 Å². The fourth-order valence-electron chi connectivity index (χ4n) is 2.36. The largest absolute Gasteiger partial charge is 0.302 e. The highest BCUT2D eigenvalue weighted by Gasteiger charge is 2.30. The molecule has 0 aromatic heterocycles. The van der Waals surface area contributed by atoms with Crippen molar-refractivity contribution in [3.8, 4) is 0 Å². The maximum atomic E-state index is 2.57. The Morgan fingerprint density at radius 3 is 3.09 bits per heavy atom.